The summed E-state index contributed by atoms with van der Waals surface area (Å²) >= 11 is 0. The highest BCUT2D eigenvalue weighted by Crippen LogP contribution is 2.38. The Kier molecular flexibility index (Phi) is 10.5. The van der Waals surface area contributed by atoms with E-state index in [-0.39, 0.29) is 5.56 Å². The first-order valence-corrected chi connectivity index (χ1v) is 18.2. The van der Waals surface area contributed by atoms with Gasteiger partial charge in [-0.05, 0) is 78.1 Å². The second-order valence-corrected chi connectivity index (χ2v) is 14.1. The van der Waals surface area contributed by atoms with Crippen molar-refractivity contribution in [1.82, 2.24) is 0 Å². The van der Waals surface area contributed by atoms with Crippen LogP contribution in [0.25, 0.3) is 0 Å². The molecule has 0 saturated carbocycles. The van der Waals surface area contributed by atoms with E-state index >= 15 is 0 Å². The first-order valence-electron chi connectivity index (χ1n) is 15.3. The van der Waals surface area contributed by atoms with Crippen LogP contribution in [0.3, 0.4) is 0 Å². The molecule has 8 nitrogen and oxygen atoms in total. The van der Waals surface area contributed by atoms with Crippen molar-refractivity contribution < 1.29 is 25.9 Å². The summed E-state index contributed by atoms with van der Waals surface area (Å²) in [4.78, 5) is 3.22. The summed E-state index contributed by atoms with van der Waals surface area (Å²) in [5, 5.41) is 0. The summed E-state index contributed by atoms with van der Waals surface area (Å²) < 4.78 is 69.1. The quantitative estimate of drug-likeness (QED) is 0.0983. The molecule has 0 aromatic heterocycles. The van der Waals surface area contributed by atoms with Gasteiger partial charge >= 0.3 is 0 Å². The molecule has 0 saturated heterocycles. The van der Waals surface area contributed by atoms with Gasteiger partial charge in [0.15, 0.2) is 0 Å². The van der Waals surface area contributed by atoms with Gasteiger partial charge in [-0.1, -0.05) is 91.0 Å². The topological polar surface area (TPSA) is 115 Å². The van der Waals surface area contributed by atoms with E-state index in [9.17, 15) is 25.9 Å². The molecular formula is C37H38N2O6S2. The van der Waals surface area contributed by atoms with Gasteiger partial charge in [-0.3, -0.25) is 9.11 Å². The largest absolute Gasteiger partial charge is 0.367 e. The van der Waals surface area contributed by atoms with Gasteiger partial charge in [0.2, 0.25) is 0 Å². The summed E-state index contributed by atoms with van der Waals surface area (Å²) in [7, 11) is -9.62. The summed E-state index contributed by atoms with van der Waals surface area (Å²) in [6.07, 6.45) is 0. The summed E-state index contributed by atoms with van der Waals surface area (Å²) in [5.74, 6) is -0.695. The van der Waals surface area contributed by atoms with Crippen LogP contribution >= 0.6 is 0 Å². The average molecular weight is 671 g/mol. The van der Waals surface area contributed by atoms with Crippen molar-refractivity contribution in [1.29, 1.82) is 0 Å². The molecule has 5 aromatic rings. The molecule has 0 unspecified atom stereocenters. The Morgan fingerprint density at radius 2 is 0.979 bits per heavy atom. The number of nitrogens with zero attached hydrogens (tertiary/aromatic N) is 2. The number of benzene rings is 5. The number of anilines is 2. The summed E-state index contributed by atoms with van der Waals surface area (Å²) in [6.45, 7) is 7.10. The summed E-state index contributed by atoms with van der Waals surface area (Å²) in [6, 6.07) is 39.1. The lowest BCUT2D eigenvalue weighted by Gasteiger charge is -2.26. The van der Waals surface area contributed by atoms with Crippen LogP contribution in [-0.2, 0) is 33.3 Å². The van der Waals surface area contributed by atoms with Crippen molar-refractivity contribution in [3.05, 3.63) is 155 Å². The molecule has 0 bridgehead atoms. The smallest absolute Gasteiger partial charge is 0.294 e. The molecule has 5 aromatic carbocycles. The van der Waals surface area contributed by atoms with E-state index in [0.717, 1.165) is 47.7 Å². The van der Waals surface area contributed by atoms with Gasteiger partial charge in [-0.15, -0.1) is 0 Å². The van der Waals surface area contributed by atoms with Gasteiger partial charge in [0.05, 0.1) is 9.79 Å². The number of hydrogen-bond donors (Lipinski definition) is 2. The van der Waals surface area contributed by atoms with E-state index in [1.807, 2.05) is 84.9 Å². The van der Waals surface area contributed by atoms with Crippen LogP contribution in [0, 0.1) is 0 Å². The van der Waals surface area contributed by atoms with Crippen LogP contribution < -0.4 is 9.80 Å². The predicted octanol–water partition coefficient (Wildman–Crippen LogP) is 7.41. The number of hydrogen-bond acceptors (Lipinski definition) is 6. The molecule has 0 fully saturated rings. The molecule has 0 radical (unpaired) electrons. The zero-order valence-electron chi connectivity index (χ0n) is 26.3. The normalized spacial score (nSPS) is 11.9. The molecule has 0 amide bonds. The molecular weight excluding hydrogens is 633 g/mol. The van der Waals surface area contributed by atoms with Crippen molar-refractivity contribution in [3.8, 4) is 0 Å². The van der Waals surface area contributed by atoms with E-state index in [1.54, 1.807) is 0 Å². The molecule has 244 valence electrons. The highest BCUT2D eigenvalue weighted by molar-refractivity contribution is 7.86. The molecule has 47 heavy (non-hydrogen) atoms. The Balaban J connectivity index is 1.58. The molecule has 2 N–H and O–H groups in total. The molecule has 0 spiro atoms. The Bertz CT molecular complexity index is 1910. The third kappa shape index (κ3) is 8.28. The lowest BCUT2D eigenvalue weighted by molar-refractivity contribution is 0.480. The van der Waals surface area contributed by atoms with Crippen LogP contribution in [-0.4, -0.2) is 39.0 Å². The van der Waals surface area contributed by atoms with Crippen LogP contribution in [0.15, 0.2) is 137 Å². The fraction of sp³-hybridized carbons (Fsp3) is 0.189. The van der Waals surface area contributed by atoms with E-state index in [0.29, 0.717) is 13.1 Å². The molecule has 0 atom stereocenters. The Hall–Kier alpha value is -4.48. The van der Waals surface area contributed by atoms with E-state index in [1.165, 1.54) is 17.2 Å². The van der Waals surface area contributed by atoms with Crippen LogP contribution in [0.1, 0.15) is 47.6 Å². The van der Waals surface area contributed by atoms with Crippen LogP contribution in [0.4, 0.5) is 11.4 Å². The zero-order chi connectivity index (χ0) is 33.6. The molecule has 10 heteroatoms. The van der Waals surface area contributed by atoms with Gasteiger partial charge in [-0.2, -0.15) is 16.8 Å². The second kappa shape index (κ2) is 14.5. The highest BCUT2D eigenvalue weighted by Gasteiger charge is 2.28. The van der Waals surface area contributed by atoms with Gasteiger partial charge in [0, 0.05) is 43.5 Å². The molecule has 0 aliphatic heterocycles. The number of rotatable bonds is 13. The monoisotopic (exact) mass is 670 g/mol. The molecule has 5 rings (SSSR count). The van der Waals surface area contributed by atoms with Crippen molar-refractivity contribution in [2.75, 3.05) is 22.9 Å². The first-order chi connectivity index (χ1) is 22.5. The molecule has 0 aliphatic rings. The zero-order valence-corrected chi connectivity index (χ0v) is 27.9. The fourth-order valence-electron chi connectivity index (χ4n) is 5.82. The average Bonchev–Trinajstić information content (AvgIpc) is 3.07. The maximum Gasteiger partial charge on any atom is 0.294 e. The van der Waals surface area contributed by atoms with Gasteiger partial charge in [-0.25, -0.2) is 0 Å². The van der Waals surface area contributed by atoms with Crippen molar-refractivity contribution in [2.45, 2.75) is 42.6 Å². The SMILES string of the molecule is CCN(Cc1ccccc1)c1ccc(C(c2ccc(N(CC)Cc3ccccc3)cc2)c2ccc(S(=O)(=O)O)cc2S(=O)(=O)O)cc1. The fourth-order valence-corrected chi connectivity index (χ4v) is 7.16. The Morgan fingerprint density at radius 3 is 1.34 bits per heavy atom. The van der Waals surface area contributed by atoms with Crippen molar-refractivity contribution >= 4 is 31.6 Å². The highest BCUT2D eigenvalue weighted by atomic mass is 32.2. The van der Waals surface area contributed by atoms with E-state index in [2.05, 4.69) is 47.9 Å². The molecule has 0 heterocycles. The standard InChI is InChI=1S/C37H38N2O6S2/c1-3-38(26-28-11-7-5-8-12-28)32-19-15-30(16-20-32)37(35-24-23-34(46(40,41)42)25-36(35)47(43,44)45)31-17-21-33(22-18-31)39(4-2)27-29-13-9-6-10-14-29/h5-25,37H,3-4,26-27H2,1-2H3,(H,40,41,42)(H,43,44,45). The van der Waals surface area contributed by atoms with Gasteiger partial charge < -0.3 is 9.80 Å². The van der Waals surface area contributed by atoms with Crippen LogP contribution in [0.2, 0.25) is 0 Å². The lowest BCUT2D eigenvalue weighted by Crippen LogP contribution is -2.22. The minimum absolute atomic E-state index is 0.175. The van der Waals surface area contributed by atoms with Crippen molar-refractivity contribution in [2.24, 2.45) is 0 Å². The summed E-state index contributed by atoms with van der Waals surface area (Å²) in [5.41, 5.74) is 5.93. The third-order valence-electron chi connectivity index (χ3n) is 8.25. The van der Waals surface area contributed by atoms with E-state index in [4.69, 9.17) is 0 Å². The Labute approximate surface area is 277 Å². The third-order valence-corrected chi connectivity index (χ3v) is 10.0. The van der Waals surface area contributed by atoms with Crippen LogP contribution in [0.5, 0.6) is 0 Å². The maximum atomic E-state index is 12.7. The van der Waals surface area contributed by atoms with Gasteiger partial charge in [0.1, 0.15) is 0 Å². The Morgan fingerprint density at radius 1 is 0.553 bits per heavy atom. The lowest BCUT2D eigenvalue weighted by atomic mass is 9.85. The second-order valence-electron chi connectivity index (χ2n) is 11.3. The minimum Gasteiger partial charge on any atom is -0.367 e. The minimum atomic E-state index is -4.89. The van der Waals surface area contributed by atoms with Gasteiger partial charge in [0.25, 0.3) is 20.2 Å². The van der Waals surface area contributed by atoms with E-state index < -0.39 is 35.9 Å². The molecule has 0 aliphatic carbocycles. The predicted molar refractivity (Wildman–Crippen MR) is 186 cm³/mol. The van der Waals surface area contributed by atoms with Crippen molar-refractivity contribution in [3.63, 3.8) is 0 Å². The first kappa shape index (κ1) is 33.9. The maximum absolute atomic E-state index is 12.7.